The molecule has 6 heteroatoms. The Morgan fingerprint density at radius 1 is 1.11 bits per heavy atom. The van der Waals surface area contributed by atoms with Crippen molar-refractivity contribution in [3.05, 3.63) is 47.5 Å². The van der Waals surface area contributed by atoms with E-state index in [4.69, 9.17) is 4.74 Å². The Labute approximate surface area is 159 Å². The highest BCUT2D eigenvalue weighted by Crippen LogP contribution is 2.29. The maximum atomic E-state index is 11.4. The van der Waals surface area contributed by atoms with Crippen molar-refractivity contribution in [3.8, 4) is 0 Å². The standard InChI is InChI=1S/C21H26N4O2/c1-13-8-18(25-11-14(2)27-15(3)12-25)5-7-19(13)23-17-4-6-20-16(9-17)10-22-21(26)24-20/h4-9,14-15,23H,10-12H2,1-3H3,(H2,22,24,26)/t14-,15+. The molecule has 1 fully saturated rings. The van der Waals surface area contributed by atoms with Gasteiger partial charge in [-0.25, -0.2) is 4.79 Å². The van der Waals surface area contributed by atoms with E-state index < -0.39 is 0 Å². The van der Waals surface area contributed by atoms with Gasteiger partial charge in [-0.1, -0.05) is 0 Å². The quantitative estimate of drug-likeness (QED) is 0.769. The van der Waals surface area contributed by atoms with Gasteiger partial charge in [-0.15, -0.1) is 0 Å². The Bertz CT molecular complexity index is 857. The number of nitrogens with one attached hydrogen (secondary N) is 3. The number of benzene rings is 2. The summed E-state index contributed by atoms with van der Waals surface area (Å²) in [5.41, 5.74) is 6.47. The second-order valence-electron chi connectivity index (χ2n) is 7.47. The van der Waals surface area contributed by atoms with Crippen LogP contribution in [0.4, 0.5) is 27.5 Å². The van der Waals surface area contributed by atoms with E-state index in [0.717, 1.165) is 35.7 Å². The van der Waals surface area contributed by atoms with E-state index >= 15 is 0 Å². The average molecular weight is 366 g/mol. The van der Waals surface area contributed by atoms with Crippen LogP contribution in [-0.4, -0.2) is 31.3 Å². The van der Waals surface area contributed by atoms with E-state index in [2.05, 4.69) is 65.9 Å². The first kappa shape index (κ1) is 17.7. The van der Waals surface area contributed by atoms with Crippen LogP contribution in [0.3, 0.4) is 0 Å². The van der Waals surface area contributed by atoms with Gasteiger partial charge in [0, 0.05) is 42.4 Å². The predicted molar refractivity (Wildman–Crippen MR) is 109 cm³/mol. The summed E-state index contributed by atoms with van der Waals surface area (Å²) in [5, 5.41) is 9.12. The summed E-state index contributed by atoms with van der Waals surface area (Å²) >= 11 is 0. The highest BCUT2D eigenvalue weighted by molar-refractivity contribution is 5.92. The van der Waals surface area contributed by atoms with Crippen LogP contribution < -0.4 is 20.9 Å². The molecule has 2 amide bonds. The molecule has 2 atom stereocenters. The Hall–Kier alpha value is -2.73. The second kappa shape index (κ2) is 7.12. The first-order valence-electron chi connectivity index (χ1n) is 9.44. The van der Waals surface area contributed by atoms with Gasteiger partial charge in [0.25, 0.3) is 0 Å². The van der Waals surface area contributed by atoms with Crippen molar-refractivity contribution in [2.24, 2.45) is 0 Å². The molecule has 2 aliphatic rings. The third kappa shape index (κ3) is 3.85. The van der Waals surface area contributed by atoms with Crippen molar-refractivity contribution in [1.82, 2.24) is 5.32 Å². The van der Waals surface area contributed by atoms with Crippen LogP contribution >= 0.6 is 0 Å². The molecule has 3 N–H and O–H groups in total. The van der Waals surface area contributed by atoms with E-state index in [1.54, 1.807) is 0 Å². The van der Waals surface area contributed by atoms with E-state index in [1.807, 2.05) is 12.1 Å². The molecule has 0 radical (unpaired) electrons. The topological polar surface area (TPSA) is 65.6 Å². The molecular weight excluding hydrogens is 340 g/mol. The van der Waals surface area contributed by atoms with Crippen LogP contribution in [0.15, 0.2) is 36.4 Å². The molecule has 2 aromatic carbocycles. The summed E-state index contributed by atoms with van der Waals surface area (Å²) < 4.78 is 5.84. The van der Waals surface area contributed by atoms with Crippen LogP contribution in [-0.2, 0) is 11.3 Å². The molecule has 6 nitrogen and oxygen atoms in total. The van der Waals surface area contributed by atoms with Gasteiger partial charge in [0.1, 0.15) is 0 Å². The van der Waals surface area contributed by atoms with Gasteiger partial charge in [0.15, 0.2) is 0 Å². The molecule has 2 heterocycles. The van der Waals surface area contributed by atoms with Crippen LogP contribution in [0.25, 0.3) is 0 Å². The zero-order chi connectivity index (χ0) is 19.0. The maximum absolute atomic E-state index is 11.4. The predicted octanol–water partition coefficient (Wildman–Crippen LogP) is 3.99. The molecule has 0 unspecified atom stereocenters. The van der Waals surface area contributed by atoms with Gasteiger partial charge in [0.05, 0.1) is 12.2 Å². The van der Waals surface area contributed by atoms with E-state index in [1.165, 1.54) is 11.3 Å². The van der Waals surface area contributed by atoms with Gasteiger partial charge in [0.2, 0.25) is 0 Å². The summed E-state index contributed by atoms with van der Waals surface area (Å²) in [4.78, 5) is 13.8. The fourth-order valence-corrected chi connectivity index (χ4v) is 3.81. The summed E-state index contributed by atoms with van der Waals surface area (Å²) in [5.74, 6) is 0. The van der Waals surface area contributed by atoms with Crippen molar-refractivity contribution in [3.63, 3.8) is 0 Å². The number of urea groups is 1. The minimum Gasteiger partial charge on any atom is -0.372 e. The third-order valence-electron chi connectivity index (χ3n) is 5.07. The van der Waals surface area contributed by atoms with Gasteiger partial charge < -0.3 is 25.6 Å². The number of hydrogen-bond donors (Lipinski definition) is 3. The molecule has 27 heavy (non-hydrogen) atoms. The highest BCUT2D eigenvalue weighted by Gasteiger charge is 2.22. The van der Waals surface area contributed by atoms with Crippen molar-refractivity contribution >= 4 is 28.8 Å². The van der Waals surface area contributed by atoms with Crippen molar-refractivity contribution < 1.29 is 9.53 Å². The van der Waals surface area contributed by atoms with E-state index in [0.29, 0.717) is 6.54 Å². The van der Waals surface area contributed by atoms with Crippen molar-refractivity contribution in [2.75, 3.05) is 28.6 Å². The summed E-state index contributed by atoms with van der Waals surface area (Å²) in [6, 6.07) is 12.4. The van der Waals surface area contributed by atoms with Crippen LogP contribution in [0, 0.1) is 6.92 Å². The lowest BCUT2D eigenvalue weighted by Crippen LogP contribution is -2.45. The van der Waals surface area contributed by atoms with E-state index in [-0.39, 0.29) is 18.2 Å². The number of anilines is 4. The number of morpholine rings is 1. The SMILES string of the molecule is Cc1cc(N2C[C@@H](C)O[C@@H](C)C2)ccc1Nc1ccc2c(c1)CNC(=O)N2. The van der Waals surface area contributed by atoms with Crippen LogP contribution in [0.1, 0.15) is 25.0 Å². The van der Waals surface area contributed by atoms with Crippen molar-refractivity contribution in [1.29, 1.82) is 0 Å². The molecule has 0 spiro atoms. The number of carbonyl (C=O) groups is 1. The molecule has 0 bridgehead atoms. The number of nitrogens with zero attached hydrogens (tertiary/aromatic N) is 1. The Morgan fingerprint density at radius 2 is 1.89 bits per heavy atom. The zero-order valence-corrected chi connectivity index (χ0v) is 16.0. The number of hydrogen-bond acceptors (Lipinski definition) is 4. The van der Waals surface area contributed by atoms with Gasteiger partial charge >= 0.3 is 6.03 Å². The molecule has 1 saturated heterocycles. The molecule has 4 rings (SSSR count). The summed E-state index contributed by atoms with van der Waals surface area (Å²) in [6.45, 7) is 8.75. The maximum Gasteiger partial charge on any atom is 0.319 e. The zero-order valence-electron chi connectivity index (χ0n) is 16.0. The lowest BCUT2D eigenvalue weighted by Gasteiger charge is -2.37. The Morgan fingerprint density at radius 3 is 2.63 bits per heavy atom. The van der Waals surface area contributed by atoms with Gasteiger partial charge in [-0.2, -0.15) is 0 Å². The van der Waals surface area contributed by atoms with E-state index in [9.17, 15) is 4.79 Å². The molecule has 2 aromatic rings. The second-order valence-corrected chi connectivity index (χ2v) is 7.47. The summed E-state index contributed by atoms with van der Waals surface area (Å²) in [6.07, 6.45) is 0.493. The van der Waals surface area contributed by atoms with Crippen LogP contribution in [0.2, 0.25) is 0 Å². The highest BCUT2D eigenvalue weighted by atomic mass is 16.5. The molecule has 0 saturated carbocycles. The first-order chi connectivity index (χ1) is 13.0. The minimum absolute atomic E-state index is 0.151. The minimum atomic E-state index is -0.151. The largest absolute Gasteiger partial charge is 0.372 e. The fraction of sp³-hybridized carbons (Fsp3) is 0.381. The lowest BCUT2D eigenvalue weighted by atomic mass is 10.1. The molecular formula is C21H26N4O2. The number of ether oxygens (including phenoxy) is 1. The number of aryl methyl sites for hydroxylation is 1. The number of fused-ring (bicyclic) bond motifs is 1. The molecule has 0 aromatic heterocycles. The number of carbonyl (C=O) groups excluding carboxylic acids is 1. The van der Waals surface area contributed by atoms with Crippen LogP contribution in [0.5, 0.6) is 0 Å². The van der Waals surface area contributed by atoms with Gasteiger partial charge in [-0.05, 0) is 68.3 Å². The lowest BCUT2D eigenvalue weighted by molar-refractivity contribution is -0.00521. The summed E-state index contributed by atoms with van der Waals surface area (Å²) in [7, 11) is 0. The van der Waals surface area contributed by atoms with Crippen molar-refractivity contribution in [2.45, 2.75) is 39.5 Å². The smallest absolute Gasteiger partial charge is 0.319 e. The Balaban J connectivity index is 1.51. The number of rotatable bonds is 3. The first-order valence-corrected chi connectivity index (χ1v) is 9.44. The third-order valence-corrected chi connectivity index (χ3v) is 5.07. The molecule has 142 valence electrons. The monoisotopic (exact) mass is 366 g/mol. The average Bonchev–Trinajstić information content (AvgIpc) is 2.62. The van der Waals surface area contributed by atoms with Gasteiger partial charge in [-0.3, -0.25) is 0 Å². The number of amides is 2. The molecule has 2 aliphatic heterocycles. The molecule has 0 aliphatic carbocycles. The Kier molecular flexibility index (Phi) is 4.66. The normalized spacial score (nSPS) is 21.9. The fourth-order valence-electron chi connectivity index (χ4n) is 3.81.